The Morgan fingerprint density at radius 1 is 1.00 bits per heavy atom. The predicted octanol–water partition coefficient (Wildman–Crippen LogP) is 2.43. The second kappa shape index (κ2) is 8.71. The van der Waals surface area contributed by atoms with Crippen LogP contribution in [0.15, 0.2) is 0 Å². The van der Waals surface area contributed by atoms with Gasteiger partial charge in [-0.05, 0) is 6.42 Å². The Balaban J connectivity index is 2.55. The summed E-state index contributed by atoms with van der Waals surface area (Å²) in [6.45, 7) is -0.330. The van der Waals surface area contributed by atoms with E-state index in [9.17, 15) is 31.5 Å². The normalized spacial score (nSPS) is 10.0. The van der Waals surface area contributed by atoms with Gasteiger partial charge in [0.2, 0.25) is 34.8 Å². The van der Waals surface area contributed by atoms with Gasteiger partial charge < -0.3 is 14.8 Å². The summed E-state index contributed by atoms with van der Waals surface area (Å²) in [6, 6.07) is 0. The number of carbonyl (C=O) groups is 2. The number of benzene rings is 1. The molecule has 24 heavy (non-hydrogen) atoms. The van der Waals surface area contributed by atoms with Gasteiger partial charge in [-0.2, -0.15) is 8.78 Å². The third-order valence-electron chi connectivity index (χ3n) is 2.50. The molecule has 1 aromatic rings. The van der Waals surface area contributed by atoms with Crippen LogP contribution in [0.25, 0.3) is 0 Å². The molecule has 1 amide bonds. The highest BCUT2D eigenvalue weighted by atomic mass is 19.2. The molecule has 130 valence electrons. The summed E-state index contributed by atoms with van der Waals surface area (Å²) in [5.74, 6) is -12.2. The van der Waals surface area contributed by atoms with Crippen molar-refractivity contribution >= 4 is 12.1 Å². The zero-order chi connectivity index (χ0) is 18.3. The maximum atomic E-state index is 13.3. The molecule has 0 radical (unpaired) electrons. The van der Waals surface area contributed by atoms with E-state index in [0.717, 1.165) is 0 Å². The van der Waals surface area contributed by atoms with Crippen LogP contribution >= 0.6 is 0 Å². The highest BCUT2D eigenvalue weighted by Gasteiger charge is 2.28. The molecule has 0 aliphatic heterocycles. The van der Waals surface area contributed by atoms with E-state index >= 15 is 0 Å². The Morgan fingerprint density at radius 2 is 1.54 bits per heavy atom. The van der Waals surface area contributed by atoms with Gasteiger partial charge in [-0.1, -0.05) is 5.92 Å². The molecular formula is C14H10F5NO4. The van der Waals surface area contributed by atoms with Crippen LogP contribution in [0.3, 0.4) is 0 Å². The number of ether oxygens (including phenoxy) is 2. The van der Waals surface area contributed by atoms with Crippen molar-refractivity contribution in [1.82, 2.24) is 5.32 Å². The summed E-state index contributed by atoms with van der Waals surface area (Å²) in [5, 5.41) is 2.20. The molecule has 1 aromatic carbocycles. The van der Waals surface area contributed by atoms with Gasteiger partial charge in [-0.3, -0.25) is 4.79 Å². The molecule has 1 N–H and O–H groups in total. The maximum absolute atomic E-state index is 13.3. The van der Waals surface area contributed by atoms with E-state index in [-0.39, 0.29) is 19.6 Å². The van der Waals surface area contributed by atoms with E-state index in [1.54, 1.807) is 0 Å². The predicted molar refractivity (Wildman–Crippen MR) is 69.3 cm³/mol. The Hall–Kier alpha value is -2.83. The third kappa shape index (κ3) is 4.84. The number of carbonyl (C=O) groups excluding carboxylic acids is 2. The van der Waals surface area contributed by atoms with Crippen LogP contribution in [0, 0.1) is 41.4 Å². The molecule has 0 aliphatic carbocycles. The second-order valence-corrected chi connectivity index (χ2v) is 4.18. The summed E-state index contributed by atoms with van der Waals surface area (Å²) in [7, 11) is 0. The van der Waals surface area contributed by atoms with Crippen molar-refractivity contribution in [2.24, 2.45) is 0 Å². The van der Waals surface area contributed by atoms with Crippen molar-refractivity contribution in [3.05, 3.63) is 29.1 Å². The van der Waals surface area contributed by atoms with Crippen LogP contribution in [0.4, 0.5) is 26.7 Å². The van der Waals surface area contributed by atoms with Crippen LogP contribution in [-0.4, -0.2) is 25.2 Å². The van der Waals surface area contributed by atoms with Crippen LogP contribution in [-0.2, 0) is 9.53 Å². The van der Waals surface area contributed by atoms with Crippen LogP contribution < -0.4 is 10.1 Å². The first-order chi connectivity index (χ1) is 11.3. The van der Waals surface area contributed by atoms with Gasteiger partial charge in [-0.15, -0.1) is 6.42 Å². The Morgan fingerprint density at radius 3 is 2.08 bits per heavy atom. The van der Waals surface area contributed by atoms with Crippen molar-refractivity contribution in [2.45, 2.75) is 12.8 Å². The number of alkyl carbamates (subject to hydrolysis) is 1. The summed E-state index contributed by atoms with van der Waals surface area (Å²) in [5.41, 5.74) is 0. The number of terminal acetylenes is 1. The van der Waals surface area contributed by atoms with E-state index in [4.69, 9.17) is 6.42 Å². The van der Waals surface area contributed by atoms with Crippen molar-refractivity contribution in [3.8, 4) is 18.1 Å². The lowest BCUT2D eigenvalue weighted by Crippen LogP contribution is -2.26. The molecule has 0 aliphatic rings. The standard InChI is InChI=1S/C14H10F5NO4/c1-2-6-23-14(22)20-5-3-4-7(21)24-13-11(18)9(16)8(15)10(17)12(13)19/h1H,3-6H2,(H,20,22). The number of halogens is 5. The van der Waals surface area contributed by atoms with Crippen molar-refractivity contribution in [2.75, 3.05) is 13.2 Å². The lowest BCUT2D eigenvalue weighted by Gasteiger charge is -2.09. The minimum Gasteiger partial charge on any atom is -0.436 e. The van der Waals surface area contributed by atoms with Gasteiger partial charge in [0.25, 0.3) is 0 Å². The fourth-order valence-electron chi connectivity index (χ4n) is 1.42. The van der Waals surface area contributed by atoms with Gasteiger partial charge in [0.05, 0.1) is 0 Å². The van der Waals surface area contributed by atoms with Crippen LogP contribution in [0.1, 0.15) is 12.8 Å². The zero-order valence-corrected chi connectivity index (χ0v) is 11.9. The number of nitrogens with one attached hydrogen (secondary N) is 1. The Bertz CT molecular complexity index is 658. The van der Waals surface area contributed by atoms with E-state index in [1.165, 1.54) is 0 Å². The minimum absolute atomic E-state index is 0.0423. The summed E-state index contributed by atoms with van der Waals surface area (Å²) in [4.78, 5) is 22.3. The lowest BCUT2D eigenvalue weighted by atomic mass is 10.2. The number of rotatable bonds is 6. The van der Waals surface area contributed by atoms with Crippen molar-refractivity contribution < 1.29 is 41.0 Å². The molecule has 10 heteroatoms. The molecule has 5 nitrogen and oxygen atoms in total. The molecule has 0 heterocycles. The van der Waals surface area contributed by atoms with E-state index < -0.39 is 53.3 Å². The molecule has 0 unspecified atom stereocenters. The van der Waals surface area contributed by atoms with E-state index in [0.29, 0.717) is 0 Å². The Labute approximate surface area is 132 Å². The number of amides is 1. The second-order valence-electron chi connectivity index (χ2n) is 4.18. The molecule has 0 atom stereocenters. The molecule has 0 bridgehead atoms. The molecule has 0 spiro atoms. The van der Waals surface area contributed by atoms with E-state index in [1.807, 2.05) is 5.92 Å². The van der Waals surface area contributed by atoms with Gasteiger partial charge in [0.1, 0.15) is 0 Å². The van der Waals surface area contributed by atoms with Gasteiger partial charge >= 0.3 is 12.1 Å². The Kier molecular flexibility index (Phi) is 6.98. The fraction of sp³-hybridized carbons (Fsp3) is 0.286. The number of hydrogen-bond acceptors (Lipinski definition) is 4. The lowest BCUT2D eigenvalue weighted by molar-refractivity contribution is -0.134. The zero-order valence-electron chi connectivity index (χ0n) is 11.9. The minimum atomic E-state index is -2.36. The van der Waals surface area contributed by atoms with Crippen LogP contribution in [0.5, 0.6) is 5.75 Å². The van der Waals surface area contributed by atoms with Crippen molar-refractivity contribution in [1.29, 1.82) is 0 Å². The first-order valence-electron chi connectivity index (χ1n) is 6.35. The molecule has 0 saturated carbocycles. The average Bonchev–Trinajstić information content (AvgIpc) is 2.57. The number of hydrogen-bond donors (Lipinski definition) is 1. The van der Waals surface area contributed by atoms with Crippen molar-refractivity contribution in [3.63, 3.8) is 0 Å². The molecule has 1 rings (SSSR count). The van der Waals surface area contributed by atoms with Gasteiger partial charge in [0.15, 0.2) is 6.61 Å². The molecule has 0 fully saturated rings. The van der Waals surface area contributed by atoms with Gasteiger partial charge in [0, 0.05) is 13.0 Å². The quantitative estimate of drug-likeness (QED) is 0.163. The SMILES string of the molecule is C#CCOC(=O)NCCCC(=O)Oc1c(F)c(F)c(F)c(F)c1F. The monoisotopic (exact) mass is 351 g/mol. The average molecular weight is 351 g/mol. The summed E-state index contributed by atoms with van der Waals surface area (Å²) >= 11 is 0. The summed E-state index contributed by atoms with van der Waals surface area (Å²) < 4.78 is 73.8. The fourth-order valence-corrected chi connectivity index (χ4v) is 1.42. The number of esters is 1. The largest absolute Gasteiger partial charge is 0.436 e. The smallest absolute Gasteiger partial charge is 0.408 e. The maximum Gasteiger partial charge on any atom is 0.408 e. The van der Waals surface area contributed by atoms with Gasteiger partial charge in [-0.25, -0.2) is 18.0 Å². The molecular weight excluding hydrogens is 341 g/mol. The van der Waals surface area contributed by atoms with E-state index in [2.05, 4.69) is 14.8 Å². The van der Waals surface area contributed by atoms with Crippen LogP contribution in [0.2, 0.25) is 0 Å². The topological polar surface area (TPSA) is 64.6 Å². The molecule has 0 saturated heterocycles. The summed E-state index contributed by atoms with van der Waals surface area (Å²) in [6.07, 6.45) is 3.49. The highest BCUT2D eigenvalue weighted by Crippen LogP contribution is 2.29. The first kappa shape index (κ1) is 19.2. The molecule has 0 aromatic heterocycles. The third-order valence-corrected chi connectivity index (χ3v) is 2.50. The highest BCUT2D eigenvalue weighted by molar-refractivity contribution is 5.72. The first-order valence-corrected chi connectivity index (χ1v) is 6.35.